The molecule has 1 aromatic carbocycles. The Kier molecular flexibility index (Phi) is 4.46. The highest BCUT2D eigenvalue weighted by molar-refractivity contribution is 7.89. The molecule has 1 N–H and O–H groups in total. The minimum atomic E-state index is -3.62. The first-order valence-electron chi connectivity index (χ1n) is 6.20. The van der Waals surface area contributed by atoms with Crippen LogP contribution in [0.15, 0.2) is 52.0 Å². The van der Waals surface area contributed by atoms with Gasteiger partial charge in [0.15, 0.2) is 0 Å². The van der Waals surface area contributed by atoms with E-state index in [1.165, 1.54) is 13.2 Å². The second kappa shape index (κ2) is 6.11. The van der Waals surface area contributed by atoms with Crippen LogP contribution < -0.4 is 9.46 Å². The second-order valence-electron chi connectivity index (χ2n) is 4.46. The zero-order chi connectivity index (χ0) is 14.6. The van der Waals surface area contributed by atoms with Crippen LogP contribution in [0.2, 0.25) is 0 Å². The number of hydrogen-bond acceptors (Lipinski definition) is 4. The molecule has 20 heavy (non-hydrogen) atoms. The van der Waals surface area contributed by atoms with Gasteiger partial charge < -0.3 is 9.15 Å². The molecule has 0 saturated heterocycles. The molecular formula is C14H17NO4S. The van der Waals surface area contributed by atoms with Gasteiger partial charge in [0.25, 0.3) is 0 Å². The van der Waals surface area contributed by atoms with Gasteiger partial charge in [-0.3, -0.25) is 0 Å². The summed E-state index contributed by atoms with van der Waals surface area (Å²) < 4.78 is 37.6. The van der Waals surface area contributed by atoms with Crippen LogP contribution in [0.25, 0.3) is 0 Å². The molecule has 0 fully saturated rings. The highest BCUT2D eigenvalue weighted by atomic mass is 32.2. The minimum absolute atomic E-state index is 0.133. The zero-order valence-electron chi connectivity index (χ0n) is 11.4. The van der Waals surface area contributed by atoms with Crippen molar-refractivity contribution in [2.75, 3.05) is 7.11 Å². The first-order chi connectivity index (χ1) is 9.53. The van der Waals surface area contributed by atoms with E-state index >= 15 is 0 Å². The summed E-state index contributed by atoms with van der Waals surface area (Å²) in [4.78, 5) is 0.133. The van der Waals surface area contributed by atoms with Crippen molar-refractivity contribution in [3.8, 4) is 5.75 Å². The number of methoxy groups -OCH3 is 1. The quantitative estimate of drug-likeness (QED) is 0.887. The molecule has 6 heteroatoms. The molecule has 0 bridgehead atoms. The molecule has 108 valence electrons. The summed E-state index contributed by atoms with van der Waals surface area (Å²) in [6, 6.07) is 9.83. The maximum absolute atomic E-state index is 12.3. The molecule has 0 aliphatic carbocycles. The van der Waals surface area contributed by atoms with Gasteiger partial charge in [0.1, 0.15) is 16.4 Å². The Bertz CT molecular complexity index is 650. The Balaban J connectivity index is 2.14. The largest absolute Gasteiger partial charge is 0.495 e. The van der Waals surface area contributed by atoms with Crippen LogP contribution in [0.5, 0.6) is 5.75 Å². The lowest BCUT2D eigenvalue weighted by Crippen LogP contribution is -2.34. The summed E-state index contributed by atoms with van der Waals surface area (Å²) in [5.41, 5.74) is 0. The van der Waals surface area contributed by atoms with E-state index in [0.717, 1.165) is 5.76 Å². The highest BCUT2D eigenvalue weighted by Crippen LogP contribution is 2.23. The van der Waals surface area contributed by atoms with E-state index in [1.807, 2.05) is 6.07 Å². The van der Waals surface area contributed by atoms with E-state index in [9.17, 15) is 8.42 Å². The van der Waals surface area contributed by atoms with E-state index in [4.69, 9.17) is 9.15 Å². The van der Waals surface area contributed by atoms with E-state index in [1.54, 1.807) is 37.5 Å². The fraction of sp³-hybridized carbons (Fsp3) is 0.286. The predicted octanol–water partition coefficient (Wildman–Crippen LogP) is 2.20. The molecule has 5 nitrogen and oxygen atoms in total. The summed E-state index contributed by atoms with van der Waals surface area (Å²) in [6.07, 6.45) is 2.05. The monoisotopic (exact) mass is 295 g/mol. The molecule has 2 aromatic rings. The number of sulfonamides is 1. The van der Waals surface area contributed by atoms with Crippen molar-refractivity contribution in [2.45, 2.75) is 24.3 Å². The maximum atomic E-state index is 12.3. The summed E-state index contributed by atoms with van der Waals surface area (Å²) in [5, 5.41) is 0. The lowest BCUT2D eigenvalue weighted by atomic mass is 10.2. The Hall–Kier alpha value is -1.79. The molecule has 0 radical (unpaired) electrons. The van der Waals surface area contributed by atoms with Crippen LogP contribution in [-0.2, 0) is 16.4 Å². The summed E-state index contributed by atoms with van der Waals surface area (Å²) in [6.45, 7) is 1.79. The van der Waals surface area contributed by atoms with Crippen LogP contribution in [0, 0.1) is 0 Å². The third-order valence-corrected chi connectivity index (χ3v) is 4.43. The summed E-state index contributed by atoms with van der Waals surface area (Å²) in [5.74, 6) is 1.06. The molecule has 1 aromatic heterocycles. The number of para-hydroxylation sites is 1. The first-order valence-corrected chi connectivity index (χ1v) is 7.69. The topological polar surface area (TPSA) is 68.5 Å². The number of rotatable bonds is 6. The number of ether oxygens (including phenoxy) is 1. The van der Waals surface area contributed by atoms with Crippen LogP contribution in [0.1, 0.15) is 12.7 Å². The van der Waals surface area contributed by atoms with Crippen molar-refractivity contribution in [2.24, 2.45) is 0 Å². The Morgan fingerprint density at radius 1 is 1.25 bits per heavy atom. The first kappa shape index (κ1) is 14.6. The molecular weight excluding hydrogens is 278 g/mol. The van der Waals surface area contributed by atoms with Gasteiger partial charge in [-0.15, -0.1) is 0 Å². The Morgan fingerprint density at radius 2 is 2.00 bits per heavy atom. The normalized spacial score (nSPS) is 13.1. The van der Waals surface area contributed by atoms with Gasteiger partial charge in [0, 0.05) is 12.5 Å². The molecule has 0 spiro atoms. The number of furan rings is 1. The standard InChI is InChI=1S/C14H17NO4S/c1-11(10-12-6-5-9-19-12)15-20(16,17)14-8-4-3-7-13(14)18-2/h3-9,11,15H,10H2,1-2H3. The van der Waals surface area contributed by atoms with E-state index < -0.39 is 10.0 Å². The van der Waals surface area contributed by atoms with Gasteiger partial charge in [-0.1, -0.05) is 12.1 Å². The summed E-state index contributed by atoms with van der Waals surface area (Å²) >= 11 is 0. The predicted molar refractivity (Wildman–Crippen MR) is 75.2 cm³/mol. The molecule has 1 atom stereocenters. The van der Waals surface area contributed by atoms with Crippen molar-refractivity contribution in [3.05, 3.63) is 48.4 Å². The molecule has 0 aliphatic rings. The second-order valence-corrected chi connectivity index (χ2v) is 6.14. The number of benzene rings is 1. The smallest absolute Gasteiger partial charge is 0.244 e. The third kappa shape index (κ3) is 3.40. The van der Waals surface area contributed by atoms with Gasteiger partial charge >= 0.3 is 0 Å². The Labute approximate surface area is 118 Å². The van der Waals surface area contributed by atoms with Crippen LogP contribution in [0.4, 0.5) is 0 Å². The van der Waals surface area contributed by atoms with E-state index in [-0.39, 0.29) is 10.9 Å². The SMILES string of the molecule is COc1ccccc1S(=O)(=O)NC(C)Cc1ccco1. The average Bonchev–Trinajstić information content (AvgIpc) is 2.90. The minimum Gasteiger partial charge on any atom is -0.495 e. The van der Waals surface area contributed by atoms with Crippen molar-refractivity contribution in [1.82, 2.24) is 4.72 Å². The summed E-state index contributed by atoms with van der Waals surface area (Å²) in [7, 11) is -2.18. The maximum Gasteiger partial charge on any atom is 0.244 e. The Morgan fingerprint density at radius 3 is 2.65 bits per heavy atom. The number of nitrogens with one attached hydrogen (secondary N) is 1. The van der Waals surface area contributed by atoms with Crippen molar-refractivity contribution in [3.63, 3.8) is 0 Å². The lowest BCUT2D eigenvalue weighted by molar-refractivity contribution is 0.402. The van der Waals surface area contributed by atoms with Gasteiger partial charge in [-0.05, 0) is 31.2 Å². The van der Waals surface area contributed by atoms with Gasteiger partial charge in [-0.25, -0.2) is 13.1 Å². The fourth-order valence-corrected chi connectivity index (χ4v) is 3.36. The van der Waals surface area contributed by atoms with Crippen LogP contribution >= 0.6 is 0 Å². The molecule has 2 rings (SSSR count). The van der Waals surface area contributed by atoms with Gasteiger partial charge in [0.2, 0.25) is 10.0 Å². The lowest BCUT2D eigenvalue weighted by Gasteiger charge is -2.14. The van der Waals surface area contributed by atoms with Crippen molar-refractivity contribution >= 4 is 10.0 Å². The zero-order valence-corrected chi connectivity index (χ0v) is 12.2. The third-order valence-electron chi connectivity index (χ3n) is 2.80. The van der Waals surface area contributed by atoms with E-state index in [2.05, 4.69) is 4.72 Å². The van der Waals surface area contributed by atoms with Gasteiger partial charge in [0.05, 0.1) is 13.4 Å². The molecule has 0 saturated carbocycles. The van der Waals surface area contributed by atoms with Crippen molar-refractivity contribution < 1.29 is 17.6 Å². The molecule has 1 heterocycles. The van der Waals surface area contributed by atoms with Gasteiger partial charge in [-0.2, -0.15) is 0 Å². The molecule has 0 aliphatic heterocycles. The van der Waals surface area contributed by atoms with E-state index in [0.29, 0.717) is 12.2 Å². The fourth-order valence-electron chi connectivity index (χ4n) is 1.94. The molecule has 1 unspecified atom stereocenters. The van der Waals surface area contributed by atoms with Crippen LogP contribution in [0.3, 0.4) is 0 Å². The highest BCUT2D eigenvalue weighted by Gasteiger charge is 2.21. The average molecular weight is 295 g/mol. The number of hydrogen-bond donors (Lipinski definition) is 1. The van der Waals surface area contributed by atoms with Crippen LogP contribution in [-0.4, -0.2) is 21.6 Å². The van der Waals surface area contributed by atoms with Crippen molar-refractivity contribution in [1.29, 1.82) is 0 Å². The molecule has 0 amide bonds.